The van der Waals surface area contributed by atoms with Crippen LogP contribution in [0.15, 0.2) is 34.9 Å². The number of benzene rings is 1. The summed E-state index contributed by atoms with van der Waals surface area (Å²) in [6.07, 6.45) is 1.06. The third-order valence-electron chi connectivity index (χ3n) is 2.61. The third kappa shape index (κ3) is 3.34. The molecule has 1 N–H and O–H groups in total. The quantitative estimate of drug-likeness (QED) is 0.666. The van der Waals surface area contributed by atoms with E-state index in [9.17, 15) is 14.9 Å². The number of halogens is 1. The van der Waals surface area contributed by atoms with Crippen LogP contribution in [0.25, 0.3) is 0 Å². The van der Waals surface area contributed by atoms with Crippen molar-refractivity contribution >= 4 is 27.6 Å². The maximum atomic E-state index is 11.2. The van der Waals surface area contributed by atoms with Crippen molar-refractivity contribution in [1.29, 1.82) is 0 Å². The topological polar surface area (TPSA) is 103 Å². The zero-order chi connectivity index (χ0) is 15.6. The Hall–Kier alpha value is -2.48. The first-order valence-electron chi connectivity index (χ1n) is 5.70. The summed E-state index contributed by atoms with van der Waals surface area (Å²) in [7, 11) is 0. The molecule has 0 saturated heterocycles. The number of aromatic carboxylic acids is 1. The standard InChI is InChI=1S/C13H9BrN2O5/c1-7-4-9(16(19)20)6-15-12(7)21-11-3-2-8(14)5-10(11)13(17)18/h2-6H,1H3,(H,17,18). The molecular formula is C13H9BrN2O5. The van der Waals surface area contributed by atoms with Gasteiger partial charge in [0, 0.05) is 16.1 Å². The highest BCUT2D eigenvalue weighted by atomic mass is 79.9. The van der Waals surface area contributed by atoms with Gasteiger partial charge in [0.25, 0.3) is 5.69 Å². The smallest absolute Gasteiger partial charge is 0.339 e. The molecule has 0 radical (unpaired) electrons. The molecule has 8 heteroatoms. The van der Waals surface area contributed by atoms with Crippen LogP contribution in [0.3, 0.4) is 0 Å². The van der Waals surface area contributed by atoms with Gasteiger partial charge in [-0.3, -0.25) is 10.1 Å². The third-order valence-corrected chi connectivity index (χ3v) is 3.10. The number of nitrogens with zero attached hydrogens (tertiary/aromatic N) is 2. The van der Waals surface area contributed by atoms with Crippen molar-refractivity contribution < 1.29 is 19.6 Å². The van der Waals surface area contributed by atoms with E-state index < -0.39 is 10.9 Å². The van der Waals surface area contributed by atoms with Crippen LogP contribution < -0.4 is 4.74 Å². The highest BCUT2D eigenvalue weighted by Crippen LogP contribution is 2.29. The van der Waals surface area contributed by atoms with Crippen LogP contribution in [0.2, 0.25) is 0 Å². The van der Waals surface area contributed by atoms with Crippen LogP contribution in [0, 0.1) is 17.0 Å². The lowest BCUT2D eigenvalue weighted by atomic mass is 10.2. The van der Waals surface area contributed by atoms with Crippen molar-refractivity contribution in [1.82, 2.24) is 4.98 Å². The molecule has 21 heavy (non-hydrogen) atoms. The maximum Gasteiger partial charge on any atom is 0.339 e. The van der Waals surface area contributed by atoms with Gasteiger partial charge in [-0.25, -0.2) is 9.78 Å². The minimum Gasteiger partial charge on any atom is -0.478 e. The Kier molecular flexibility index (Phi) is 4.18. The van der Waals surface area contributed by atoms with Gasteiger partial charge in [-0.05, 0) is 25.1 Å². The number of pyridine rings is 1. The second-order valence-corrected chi connectivity index (χ2v) is 5.04. The Bertz CT molecular complexity index is 732. The van der Waals surface area contributed by atoms with Crippen molar-refractivity contribution in [3.63, 3.8) is 0 Å². The number of hydrogen-bond donors (Lipinski definition) is 1. The molecule has 0 atom stereocenters. The lowest BCUT2D eigenvalue weighted by Crippen LogP contribution is -2.02. The molecular weight excluding hydrogens is 344 g/mol. The first-order chi connectivity index (χ1) is 9.88. The van der Waals surface area contributed by atoms with Gasteiger partial charge in [0.05, 0.1) is 4.92 Å². The molecule has 7 nitrogen and oxygen atoms in total. The van der Waals surface area contributed by atoms with Gasteiger partial charge in [-0.1, -0.05) is 15.9 Å². The fraction of sp³-hybridized carbons (Fsp3) is 0.0769. The van der Waals surface area contributed by atoms with E-state index in [-0.39, 0.29) is 22.9 Å². The zero-order valence-electron chi connectivity index (χ0n) is 10.7. The maximum absolute atomic E-state index is 11.2. The first kappa shape index (κ1) is 14.9. The number of aryl methyl sites for hydroxylation is 1. The second-order valence-electron chi connectivity index (χ2n) is 4.12. The Balaban J connectivity index is 2.39. The van der Waals surface area contributed by atoms with E-state index in [0.717, 1.165) is 6.20 Å². The van der Waals surface area contributed by atoms with Crippen molar-refractivity contribution in [2.24, 2.45) is 0 Å². The van der Waals surface area contributed by atoms with Crippen LogP contribution in [-0.2, 0) is 0 Å². The molecule has 1 aromatic heterocycles. The van der Waals surface area contributed by atoms with E-state index in [2.05, 4.69) is 20.9 Å². The number of rotatable bonds is 4. The lowest BCUT2D eigenvalue weighted by molar-refractivity contribution is -0.385. The Morgan fingerprint density at radius 3 is 2.71 bits per heavy atom. The van der Waals surface area contributed by atoms with Gasteiger partial charge in [-0.2, -0.15) is 0 Å². The molecule has 0 fully saturated rings. The second kappa shape index (κ2) is 5.88. The van der Waals surface area contributed by atoms with Crippen LogP contribution in [0.4, 0.5) is 5.69 Å². The SMILES string of the molecule is Cc1cc([N+](=O)[O-])cnc1Oc1ccc(Br)cc1C(=O)O. The molecule has 0 amide bonds. The molecule has 2 rings (SSSR count). The summed E-state index contributed by atoms with van der Waals surface area (Å²) in [6, 6.07) is 5.82. The Morgan fingerprint density at radius 1 is 1.43 bits per heavy atom. The van der Waals surface area contributed by atoms with E-state index in [0.29, 0.717) is 10.0 Å². The van der Waals surface area contributed by atoms with Crippen molar-refractivity contribution in [2.75, 3.05) is 0 Å². The van der Waals surface area contributed by atoms with Crippen molar-refractivity contribution in [3.8, 4) is 11.6 Å². The van der Waals surface area contributed by atoms with Gasteiger partial charge in [0.2, 0.25) is 5.88 Å². The normalized spacial score (nSPS) is 10.2. The highest BCUT2D eigenvalue weighted by molar-refractivity contribution is 9.10. The molecule has 0 saturated carbocycles. The first-order valence-corrected chi connectivity index (χ1v) is 6.49. The summed E-state index contributed by atoms with van der Waals surface area (Å²) in [5.41, 5.74) is 0.237. The molecule has 0 aliphatic carbocycles. The number of hydrogen-bond acceptors (Lipinski definition) is 5. The minimum atomic E-state index is -1.15. The molecule has 0 spiro atoms. The number of carboxylic acid groups (broad SMARTS) is 1. The number of ether oxygens (including phenoxy) is 1. The predicted octanol–water partition coefficient (Wildman–Crippen LogP) is 3.55. The van der Waals surface area contributed by atoms with E-state index in [4.69, 9.17) is 9.84 Å². The molecule has 1 heterocycles. The highest BCUT2D eigenvalue weighted by Gasteiger charge is 2.16. The van der Waals surface area contributed by atoms with Gasteiger partial charge in [0.15, 0.2) is 0 Å². The van der Waals surface area contributed by atoms with Crippen molar-refractivity contribution in [2.45, 2.75) is 6.92 Å². The monoisotopic (exact) mass is 352 g/mol. The lowest BCUT2D eigenvalue weighted by Gasteiger charge is -2.10. The van der Waals surface area contributed by atoms with Gasteiger partial charge in [0.1, 0.15) is 17.5 Å². The number of nitro groups is 1. The summed E-state index contributed by atoms with van der Waals surface area (Å²) >= 11 is 3.18. The predicted molar refractivity (Wildman–Crippen MR) is 76.8 cm³/mol. The molecule has 0 aliphatic rings. The van der Waals surface area contributed by atoms with Crippen molar-refractivity contribution in [3.05, 3.63) is 56.2 Å². The number of carbonyl (C=O) groups is 1. The molecule has 108 valence electrons. The fourth-order valence-corrected chi connectivity index (χ4v) is 1.98. The van der Waals surface area contributed by atoms with E-state index >= 15 is 0 Å². The summed E-state index contributed by atoms with van der Waals surface area (Å²) in [5, 5.41) is 19.8. The number of aromatic nitrogens is 1. The Morgan fingerprint density at radius 2 is 2.14 bits per heavy atom. The van der Waals surface area contributed by atoms with Crippen LogP contribution in [0.1, 0.15) is 15.9 Å². The summed E-state index contributed by atoms with van der Waals surface area (Å²) in [5.74, 6) is -0.925. The summed E-state index contributed by atoms with van der Waals surface area (Å²) in [6.45, 7) is 1.59. The number of carboxylic acids is 1. The zero-order valence-corrected chi connectivity index (χ0v) is 12.3. The van der Waals surface area contributed by atoms with E-state index in [1.165, 1.54) is 18.2 Å². The van der Waals surface area contributed by atoms with Crippen LogP contribution in [-0.4, -0.2) is 21.0 Å². The molecule has 0 unspecified atom stereocenters. The van der Waals surface area contributed by atoms with Crippen LogP contribution >= 0.6 is 15.9 Å². The van der Waals surface area contributed by atoms with E-state index in [1.54, 1.807) is 13.0 Å². The molecule has 0 bridgehead atoms. The largest absolute Gasteiger partial charge is 0.478 e. The minimum absolute atomic E-state index is 0.0380. The average Bonchev–Trinajstić information content (AvgIpc) is 2.42. The fourth-order valence-electron chi connectivity index (χ4n) is 1.62. The van der Waals surface area contributed by atoms with Gasteiger partial charge >= 0.3 is 5.97 Å². The average molecular weight is 353 g/mol. The molecule has 1 aromatic carbocycles. The summed E-state index contributed by atoms with van der Waals surface area (Å²) in [4.78, 5) is 25.1. The van der Waals surface area contributed by atoms with Gasteiger partial charge in [-0.15, -0.1) is 0 Å². The Labute approximate surface area is 127 Å². The summed E-state index contributed by atoms with van der Waals surface area (Å²) < 4.78 is 6.05. The van der Waals surface area contributed by atoms with Crippen LogP contribution in [0.5, 0.6) is 11.6 Å². The molecule has 0 aliphatic heterocycles. The van der Waals surface area contributed by atoms with Gasteiger partial charge < -0.3 is 9.84 Å². The molecule has 2 aromatic rings. The van der Waals surface area contributed by atoms with E-state index in [1.807, 2.05) is 0 Å².